The molecular formula is C116H146BrClF5N9O15. The molecule has 0 bridgehead atoms. The first-order valence-corrected chi connectivity index (χ1v) is 50.4. The Morgan fingerprint density at radius 2 is 0.878 bits per heavy atom. The lowest BCUT2D eigenvalue weighted by molar-refractivity contribution is -0.156. The maximum absolute atomic E-state index is 14.1. The van der Waals surface area contributed by atoms with Gasteiger partial charge in [-0.25, -0.2) is 50.8 Å². The van der Waals surface area contributed by atoms with Crippen LogP contribution in [0.25, 0.3) is 22.2 Å². The summed E-state index contributed by atoms with van der Waals surface area (Å²) in [6.07, 6.45) is 10.5. The van der Waals surface area contributed by atoms with E-state index in [9.17, 15) is 71.1 Å². The molecule has 2 aromatic heterocycles. The van der Waals surface area contributed by atoms with Crippen LogP contribution in [0.2, 0.25) is 0 Å². The molecule has 5 saturated heterocycles. The lowest BCUT2D eigenvalue weighted by atomic mass is 9.75. The molecule has 0 aliphatic carbocycles. The van der Waals surface area contributed by atoms with Crippen molar-refractivity contribution in [1.29, 1.82) is 0 Å². The SMILES string of the molecule is C.CC(C)(C)OC(=O)N1CCCC(CO)(Cc2ccccc2F)C1.COC(=O)C1(Cc2ccccc2F)CCCN(C(=O)OC(C)(C)C)C1.COC(=O)C1CCCN(C(=O)OC(C)(C)C)C1.Cc1cc(-c2nn(C(c3ccccc3)(c3ccccc3)c3ccccc3)c3ccc(C(=O)O)cc23)ccn1.Cl.Fc1ccccc1CBr.NN1CCCC(CO)(Cc2ccccc2F)C1.OCC1(Cc2ccccc2F)CCCNC1. The number of nitrogens with zero attached hydrogens (tertiary/aromatic N) is 7. The van der Waals surface area contributed by atoms with Gasteiger partial charge in [0.15, 0.2) is 0 Å². The molecule has 31 heteroatoms. The number of piperidine rings is 5. The first-order valence-electron chi connectivity index (χ1n) is 49.3. The molecule has 5 atom stereocenters. The number of benzene rings is 9. The number of aliphatic hydroxyl groups is 3. The zero-order valence-corrected chi connectivity index (χ0v) is 88.1. The number of aliphatic hydroxyl groups excluding tert-OH is 3. The van der Waals surface area contributed by atoms with E-state index in [1.165, 1.54) is 49.5 Å². The molecule has 3 amide bonds. The normalized spacial score (nSPS) is 18.8. The van der Waals surface area contributed by atoms with Gasteiger partial charge in [0.2, 0.25) is 0 Å². The molecule has 794 valence electrons. The van der Waals surface area contributed by atoms with Crippen molar-refractivity contribution >= 4 is 75.4 Å². The molecule has 0 spiro atoms. The highest BCUT2D eigenvalue weighted by Gasteiger charge is 2.48. The van der Waals surface area contributed by atoms with E-state index in [-0.39, 0.29) is 122 Å². The number of fused-ring (bicyclic) bond motifs is 1. The minimum absolute atomic E-state index is 0. The van der Waals surface area contributed by atoms with Gasteiger partial charge in [-0.05, 0) is 271 Å². The second-order valence-corrected chi connectivity index (χ2v) is 41.6. The Labute approximate surface area is 876 Å². The first kappa shape index (κ1) is 120. The quantitative estimate of drug-likeness (QED) is 0.0103. The number of rotatable bonds is 20. The number of carbonyl (C=O) groups is 6. The Hall–Kier alpha value is -12.0. The van der Waals surface area contributed by atoms with Gasteiger partial charge in [-0.1, -0.05) is 205 Å². The minimum atomic E-state index is -0.975. The number of aromatic carboxylic acids is 1. The van der Waals surface area contributed by atoms with Crippen LogP contribution in [0.4, 0.5) is 36.3 Å². The van der Waals surface area contributed by atoms with Crippen molar-refractivity contribution in [3.05, 3.63) is 334 Å². The molecule has 147 heavy (non-hydrogen) atoms. The van der Waals surface area contributed by atoms with E-state index in [1.54, 1.807) is 127 Å². The number of nitrogens with one attached hydrogen (secondary N) is 1. The lowest BCUT2D eigenvalue weighted by Crippen LogP contribution is -2.52. The van der Waals surface area contributed by atoms with Gasteiger partial charge in [-0.15, -0.1) is 12.4 Å². The standard InChI is InChI=1S/C33H25N3O2.C19H26FNO4.C18H26FNO3.C13H19FN2O.C13H18FNO.C12H21NO4.C7H6BrF.CH4.ClH/c1-23-21-24(19-20-34-23)31-29-22-25(32(37)38)17-18-30(29)36(35-31)33(26-11-5-2-6-12-26,27-13-7-3-8-14-27)28-15-9-4-10-16-28;1-18(2,3)25-17(23)21-11-7-10-19(13-21,16(22)24-4)12-14-8-5-6-9-15(14)20;1-17(2,3)23-16(22)20-10-6-9-18(12-20,13-21)11-14-7-4-5-8-15(14)19;14-12-5-2-1-4-11(12)8-13(10-17)6-3-7-16(15)9-13;14-12-5-2-1-4-11(12)8-13(10-16)6-3-7-15-9-13;1-12(2,3)17-11(15)13-7-5-6-9(8-13)10(14)16-4;8-5-6-3-1-2-4-7(6)9;;/h2-22H,1H3,(H,37,38);5-6,8-9H,7,10-13H2,1-4H3;4-5,7-8,21H,6,9-13H2,1-3H3;1-2,4-5,17H,3,6-10,15H2;1-2,4-5,15-16H,3,6-10H2;9H,5-8H2,1-4H3;1-4H,5H2;1H4;1H. The summed E-state index contributed by atoms with van der Waals surface area (Å²) in [7, 11) is 2.69. The molecular weight excluding hydrogens is 1970 g/mol. The van der Waals surface area contributed by atoms with Crippen LogP contribution in [0.5, 0.6) is 0 Å². The number of hydrogen-bond acceptors (Lipinski definition) is 19. The fraction of sp³-hybridized carbons (Fsp3) is 0.431. The average molecular weight is 2120 g/mol. The number of nitrogens with two attached hydrogens (primary N) is 1. The summed E-state index contributed by atoms with van der Waals surface area (Å²) in [4.78, 5) is 81.5. The second kappa shape index (κ2) is 55.9. The molecule has 5 aliphatic heterocycles. The van der Waals surface area contributed by atoms with Gasteiger partial charge >= 0.3 is 36.2 Å². The zero-order chi connectivity index (χ0) is 105. The molecule has 7 N–H and O–H groups in total. The Kier molecular flexibility index (Phi) is 45.7. The number of methoxy groups -OCH3 is 2. The Balaban J connectivity index is 0.000000217. The largest absolute Gasteiger partial charge is 0.478 e. The van der Waals surface area contributed by atoms with E-state index >= 15 is 0 Å². The molecule has 24 nitrogen and oxygen atoms in total. The van der Waals surface area contributed by atoms with Crippen LogP contribution in [0, 0.1) is 63.6 Å². The van der Waals surface area contributed by atoms with E-state index in [0.29, 0.717) is 110 Å². The molecule has 0 saturated carbocycles. The number of hydrazine groups is 1. The van der Waals surface area contributed by atoms with Crippen molar-refractivity contribution in [1.82, 2.24) is 39.8 Å². The van der Waals surface area contributed by atoms with E-state index in [4.69, 9.17) is 34.6 Å². The number of likely N-dealkylation sites (tertiary alicyclic amines) is 3. The van der Waals surface area contributed by atoms with Gasteiger partial charge in [0.1, 0.15) is 57.1 Å². The fourth-order valence-corrected chi connectivity index (χ4v) is 19.5. The third-order valence-electron chi connectivity index (χ3n) is 26.2. The van der Waals surface area contributed by atoms with Crippen LogP contribution < -0.4 is 11.2 Å². The highest BCUT2D eigenvalue weighted by atomic mass is 79.9. The molecule has 9 aromatic carbocycles. The summed E-state index contributed by atoms with van der Waals surface area (Å²) >= 11 is 3.17. The highest BCUT2D eigenvalue weighted by molar-refractivity contribution is 9.08. The maximum Gasteiger partial charge on any atom is 0.410 e. The second-order valence-electron chi connectivity index (χ2n) is 41.0. The van der Waals surface area contributed by atoms with E-state index in [0.717, 1.165) is 110 Å². The number of aryl methyl sites for hydroxylation is 1. The summed E-state index contributed by atoms with van der Waals surface area (Å²) in [6, 6.07) is 73.4. The number of pyridine rings is 1. The Morgan fingerprint density at radius 1 is 0.476 bits per heavy atom. The third-order valence-corrected chi connectivity index (χ3v) is 26.8. The number of carbonyl (C=O) groups excluding carboxylic acids is 5. The Morgan fingerprint density at radius 3 is 1.28 bits per heavy atom. The summed E-state index contributed by atoms with van der Waals surface area (Å²) in [5, 5.41) is 50.5. The van der Waals surface area contributed by atoms with Crippen molar-refractivity contribution in [3.8, 4) is 11.3 Å². The average Bonchev–Trinajstić information content (AvgIpc) is 1.58. The monoisotopic (exact) mass is 2110 g/mol. The van der Waals surface area contributed by atoms with Gasteiger partial charge in [0.05, 0.1) is 56.5 Å². The highest BCUT2D eigenvalue weighted by Crippen LogP contribution is 2.46. The number of esters is 2. The molecule has 5 unspecified atom stereocenters. The van der Waals surface area contributed by atoms with Crippen LogP contribution in [-0.4, -0.2) is 207 Å². The molecule has 0 radical (unpaired) electrons. The molecule has 16 rings (SSSR count). The predicted molar refractivity (Wildman–Crippen MR) is 569 cm³/mol. The number of ether oxygens (including phenoxy) is 5. The number of hydrogen-bond donors (Lipinski definition) is 6. The van der Waals surface area contributed by atoms with Gasteiger partial charge in [-0.3, -0.25) is 20.4 Å². The number of carboxylic acids is 1. The molecule has 5 aliphatic rings. The van der Waals surface area contributed by atoms with Crippen molar-refractivity contribution in [2.75, 3.05) is 99.5 Å². The van der Waals surface area contributed by atoms with E-state index in [1.807, 2.05) is 139 Å². The number of halogens is 7. The summed E-state index contributed by atoms with van der Waals surface area (Å²) in [6.45, 7) is 24.3. The third kappa shape index (κ3) is 34.0. The number of carboxylic acid groups (broad SMARTS) is 1. The number of amides is 3. The number of alkyl halides is 1. The molecule has 5 fully saturated rings. The topological polar surface area (TPSA) is 311 Å². The summed E-state index contributed by atoms with van der Waals surface area (Å²) in [5.41, 5.74) is 5.26. The van der Waals surface area contributed by atoms with Crippen LogP contribution in [0.3, 0.4) is 0 Å². The zero-order valence-electron chi connectivity index (χ0n) is 85.7. The first-order chi connectivity index (χ1) is 69.1. The predicted octanol–water partition coefficient (Wildman–Crippen LogP) is 22.5. The van der Waals surface area contributed by atoms with Crippen LogP contribution in [0.15, 0.2) is 249 Å². The van der Waals surface area contributed by atoms with Crippen LogP contribution in [-0.2, 0) is 69.8 Å². The molecule has 11 aromatic rings. The van der Waals surface area contributed by atoms with Crippen molar-refractivity contribution in [2.24, 2.45) is 33.4 Å². The molecule has 7 heterocycles. The fourth-order valence-electron chi connectivity index (χ4n) is 19.1. The van der Waals surface area contributed by atoms with Crippen LogP contribution in [0.1, 0.15) is 195 Å². The maximum atomic E-state index is 14.1. The smallest absolute Gasteiger partial charge is 0.410 e. The Bertz CT molecular complexity index is 5940. The lowest BCUT2D eigenvalue weighted by Gasteiger charge is -2.42. The van der Waals surface area contributed by atoms with Crippen LogP contribution >= 0.6 is 28.3 Å². The van der Waals surface area contributed by atoms with Crippen molar-refractivity contribution in [2.45, 2.75) is 194 Å². The minimum Gasteiger partial charge on any atom is -0.478 e. The summed E-state index contributed by atoms with van der Waals surface area (Å²) in [5.74, 6) is 2.79. The van der Waals surface area contributed by atoms with Gasteiger partial charge < -0.3 is 64.1 Å². The summed E-state index contributed by atoms with van der Waals surface area (Å²) < 4.78 is 95.6. The number of aromatic nitrogens is 3. The van der Waals surface area contributed by atoms with E-state index < -0.39 is 51.2 Å². The van der Waals surface area contributed by atoms with Crippen molar-refractivity contribution < 1.29 is 94.8 Å². The van der Waals surface area contributed by atoms with Crippen molar-refractivity contribution in [3.63, 3.8) is 0 Å². The van der Waals surface area contributed by atoms with E-state index in [2.05, 4.69) is 67.3 Å². The van der Waals surface area contributed by atoms with Gasteiger partial charge in [0.25, 0.3) is 0 Å². The van der Waals surface area contributed by atoms with Gasteiger partial charge in [-0.2, -0.15) is 5.10 Å². The van der Waals surface area contributed by atoms with Gasteiger partial charge in [0, 0.05) is 103 Å².